The summed E-state index contributed by atoms with van der Waals surface area (Å²) in [6.45, 7) is 4.69. The maximum absolute atomic E-state index is 13.9. The van der Waals surface area contributed by atoms with Crippen LogP contribution in [0.5, 0.6) is 0 Å². The number of hydrogen-bond donors (Lipinski definition) is 2. The highest BCUT2D eigenvalue weighted by Gasteiger charge is 2.72. The van der Waals surface area contributed by atoms with Gasteiger partial charge in [0.1, 0.15) is 11.6 Å². The lowest BCUT2D eigenvalue weighted by molar-refractivity contribution is -0.141. The fourth-order valence-corrected chi connectivity index (χ4v) is 6.82. The summed E-state index contributed by atoms with van der Waals surface area (Å²) in [7, 11) is 0. The minimum atomic E-state index is -1.10. The zero-order valence-electron chi connectivity index (χ0n) is 21.4. The van der Waals surface area contributed by atoms with Gasteiger partial charge in [0.05, 0.1) is 17.9 Å². The van der Waals surface area contributed by atoms with Crippen molar-refractivity contribution in [1.29, 1.82) is 0 Å². The highest BCUT2D eigenvalue weighted by Crippen LogP contribution is 2.55. The lowest BCUT2D eigenvalue weighted by atomic mass is 9.74. The third-order valence-corrected chi connectivity index (χ3v) is 8.89. The van der Waals surface area contributed by atoms with Gasteiger partial charge in [0.25, 0.3) is 0 Å². The van der Waals surface area contributed by atoms with Crippen LogP contribution in [0.25, 0.3) is 0 Å². The van der Waals surface area contributed by atoms with Gasteiger partial charge in [0.2, 0.25) is 17.7 Å². The number of thioether (sulfide) groups is 1. The first-order valence-corrected chi connectivity index (χ1v) is 14.5. The van der Waals surface area contributed by atoms with Crippen LogP contribution in [0, 0.1) is 17.8 Å². The van der Waals surface area contributed by atoms with Crippen LogP contribution < -0.4 is 10.6 Å². The molecule has 1 spiro atoms. The molecule has 3 amide bonds. The fourth-order valence-electron chi connectivity index (χ4n) is 6.36. The Morgan fingerprint density at radius 3 is 2.69 bits per heavy atom. The van der Waals surface area contributed by atoms with Gasteiger partial charge in [0.15, 0.2) is 0 Å². The van der Waals surface area contributed by atoms with Crippen LogP contribution in [0.2, 0.25) is 0 Å². The summed E-state index contributed by atoms with van der Waals surface area (Å²) in [5.74, 6) is -1.53. The maximum Gasteiger partial charge on any atom is 0.246 e. The van der Waals surface area contributed by atoms with Crippen molar-refractivity contribution in [2.24, 2.45) is 17.8 Å². The largest absolute Gasteiger partial charge is 0.359 e. The van der Waals surface area contributed by atoms with Crippen molar-refractivity contribution in [1.82, 2.24) is 10.2 Å². The van der Waals surface area contributed by atoms with Crippen LogP contribution in [-0.4, -0.2) is 59.2 Å². The monoisotopic (exact) mass is 511 g/mol. The highest BCUT2D eigenvalue weighted by molar-refractivity contribution is 7.98. The first kappa shape index (κ1) is 25.3. The molecule has 3 aliphatic heterocycles. The molecule has 1 aromatic rings. The molecule has 36 heavy (non-hydrogen) atoms. The molecule has 2 N–H and O–H groups in total. The number of nitrogens with one attached hydrogen (secondary N) is 2. The van der Waals surface area contributed by atoms with E-state index in [9.17, 15) is 14.4 Å². The second-order valence-corrected chi connectivity index (χ2v) is 11.9. The number of fused-ring (bicyclic) bond motifs is 1. The van der Waals surface area contributed by atoms with E-state index in [0.717, 1.165) is 37.0 Å². The van der Waals surface area contributed by atoms with Crippen molar-refractivity contribution < 1.29 is 19.1 Å². The Bertz CT molecular complexity index is 1050. The number of likely N-dealkylation sites (tertiary alicyclic amines) is 1. The second kappa shape index (κ2) is 10.2. The molecule has 194 valence electrons. The maximum atomic E-state index is 13.9. The predicted molar refractivity (Wildman–Crippen MR) is 141 cm³/mol. The topological polar surface area (TPSA) is 87.7 Å². The van der Waals surface area contributed by atoms with Gasteiger partial charge in [0, 0.05) is 23.2 Å². The van der Waals surface area contributed by atoms with Crippen LogP contribution in [-0.2, 0) is 19.1 Å². The Morgan fingerprint density at radius 2 is 1.97 bits per heavy atom. The van der Waals surface area contributed by atoms with Gasteiger partial charge in [-0.25, -0.2) is 0 Å². The third-order valence-electron chi connectivity index (χ3n) is 8.16. The first-order chi connectivity index (χ1) is 17.3. The Labute approximate surface area is 217 Å². The van der Waals surface area contributed by atoms with E-state index in [-0.39, 0.29) is 23.8 Å². The second-order valence-electron chi connectivity index (χ2n) is 11.0. The van der Waals surface area contributed by atoms with Crippen LogP contribution >= 0.6 is 11.8 Å². The number of carbonyl (C=O) groups is 3. The minimum Gasteiger partial charge on any atom is -0.359 e. The van der Waals surface area contributed by atoms with Crippen LogP contribution in [0.4, 0.5) is 5.69 Å². The van der Waals surface area contributed by atoms with E-state index < -0.39 is 29.6 Å². The summed E-state index contributed by atoms with van der Waals surface area (Å²) in [5, 5.41) is 6.25. The molecule has 5 atom stereocenters. The van der Waals surface area contributed by atoms with Gasteiger partial charge in [-0.15, -0.1) is 11.8 Å². The standard InChI is InChI=1S/C28H37N3O4S/c1-17(2)13-15-31-24(26(33)29-18-8-5-4-6-9-18)28-14-12-21(35-28)22(23(28)27(31)34)25(32)30-19-10-7-11-20(16-19)36-3/h7,10-12,14,16-18,21-24H,4-6,8-9,13,15H2,1-3H3,(H,29,33)(H,30,32)/t21-,22+,23-,24-,28-/m1/s1. The van der Waals surface area contributed by atoms with Crippen molar-refractivity contribution in [3.8, 4) is 0 Å². The van der Waals surface area contributed by atoms with Crippen LogP contribution in [0.1, 0.15) is 52.4 Å². The van der Waals surface area contributed by atoms with Crippen molar-refractivity contribution in [2.75, 3.05) is 18.1 Å². The van der Waals surface area contributed by atoms with Gasteiger partial charge < -0.3 is 20.3 Å². The van der Waals surface area contributed by atoms with E-state index >= 15 is 0 Å². The van der Waals surface area contributed by atoms with Crippen molar-refractivity contribution >= 4 is 35.2 Å². The Hall–Kier alpha value is -2.32. The minimum absolute atomic E-state index is 0.133. The molecule has 0 aromatic heterocycles. The number of anilines is 1. The number of rotatable bonds is 8. The number of carbonyl (C=O) groups excluding carboxylic acids is 3. The van der Waals surface area contributed by atoms with E-state index in [2.05, 4.69) is 24.5 Å². The molecular formula is C28H37N3O4S. The summed E-state index contributed by atoms with van der Waals surface area (Å²) < 4.78 is 6.43. The zero-order valence-corrected chi connectivity index (χ0v) is 22.2. The lowest BCUT2D eigenvalue weighted by Crippen LogP contribution is -2.56. The van der Waals surface area contributed by atoms with E-state index in [4.69, 9.17) is 4.74 Å². The molecule has 0 unspecified atom stereocenters. The molecule has 3 fully saturated rings. The molecule has 5 rings (SSSR count). The molecule has 2 saturated heterocycles. The number of ether oxygens (including phenoxy) is 1. The molecule has 1 aromatic carbocycles. The van der Waals surface area contributed by atoms with Crippen LogP contribution in [0.15, 0.2) is 41.3 Å². The average molecular weight is 512 g/mol. The molecule has 1 saturated carbocycles. The zero-order chi connectivity index (χ0) is 25.4. The van der Waals surface area contributed by atoms with Gasteiger partial charge in [-0.1, -0.05) is 51.3 Å². The van der Waals surface area contributed by atoms with E-state index in [0.29, 0.717) is 18.2 Å². The Kier molecular flexibility index (Phi) is 7.18. The average Bonchev–Trinajstić information content (AvgIpc) is 3.50. The summed E-state index contributed by atoms with van der Waals surface area (Å²) in [4.78, 5) is 44.0. The quantitative estimate of drug-likeness (QED) is 0.407. The summed E-state index contributed by atoms with van der Waals surface area (Å²) in [6, 6.07) is 7.04. The highest BCUT2D eigenvalue weighted by atomic mass is 32.2. The summed E-state index contributed by atoms with van der Waals surface area (Å²) >= 11 is 1.60. The van der Waals surface area contributed by atoms with Gasteiger partial charge >= 0.3 is 0 Å². The number of hydrogen-bond acceptors (Lipinski definition) is 5. The SMILES string of the molecule is CSc1cccc(NC(=O)[C@H]2[C@H]3C=C[C@@]4(O3)[C@H]2C(=O)N(CCC(C)C)[C@@H]4C(=O)NC2CCCCC2)c1. The number of nitrogens with zero attached hydrogens (tertiary/aromatic N) is 1. The molecule has 1 aliphatic carbocycles. The normalized spacial score (nSPS) is 31.2. The van der Waals surface area contributed by atoms with Crippen molar-refractivity contribution in [3.63, 3.8) is 0 Å². The van der Waals surface area contributed by atoms with E-state index in [1.807, 2.05) is 42.7 Å². The molecule has 7 nitrogen and oxygen atoms in total. The molecule has 8 heteroatoms. The number of benzene rings is 1. The van der Waals surface area contributed by atoms with E-state index in [1.54, 1.807) is 16.7 Å². The summed E-state index contributed by atoms with van der Waals surface area (Å²) in [5.41, 5.74) is -0.401. The third kappa shape index (κ3) is 4.47. The lowest BCUT2D eigenvalue weighted by Gasteiger charge is -2.34. The number of amides is 3. The van der Waals surface area contributed by atoms with Crippen molar-refractivity contribution in [3.05, 3.63) is 36.4 Å². The fraction of sp³-hybridized carbons (Fsp3) is 0.607. The van der Waals surface area contributed by atoms with E-state index in [1.165, 1.54) is 6.42 Å². The van der Waals surface area contributed by atoms with Gasteiger partial charge in [-0.3, -0.25) is 14.4 Å². The van der Waals surface area contributed by atoms with Crippen molar-refractivity contribution in [2.45, 2.75) is 81.1 Å². The molecule has 0 radical (unpaired) electrons. The molecule has 2 bridgehead atoms. The Morgan fingerprint density at radius 1 is 1.19 bits per heavy atom. The van der Waals surface area contributed by atoms with Gasteiger partial charge in [-0.05, 0) is 49.6 Å². The smallest absolute Gasteiger partial charge is 0.246 e. The van der Waals surface area contributed by atoms with Crippen LogP contribution in [0.3, 0.4) is 0 Å². The molecule has 3 heterocycles. The molecular weight excluding hydrogens is 474 g/mol. The first-order valence-electron chi connectivity index (χ1n) is 13.3. The van der Waals surface area contributed by atoms with Gasteiger partial charge in [-0.2, -0.15) is 0 Å². The summed E-state index contributed by atoms with van der Waals surface area (Å²) in [6.07, 6.45) is 11.4. The Balaban J connectivity index is 1.42. The molecule has 4 aliphatic rings. The predicted octanol–water partition coefficient (Wildman–Crippen LogP) is 3.99.